The van der Waals surface area contributed by atoms with Crippen LogP contribution in [-0.2, 0) is 0 Å². The smallest absolute Gasteiger partial charge is 0.222 e. The summed E-state index contributed by atoms with van der Waals surface area (Å²) in [6, 6.07) is 3.87. The molecule has 0 unspecified atom stereocenters. The van der Waals surface area contributed by atoms with E-state index >= 15 is 0 Å². The van der Waals surface area contributed by atoms with E-state index in [1.165, 1.54) is 19.3 Å². The third-order valence-electron chi connectivity index (χ3n) is 5.10. The topological polar surface area (TPSA) is 97.8 Å². The van der Waals surface area contributed by atoms with Crippen molar-refractivity contribution in [1.82, 2.24) is 29.5 Å². The van der Waals surface area contributed by atoms with Gasteiger partial charge in [-0.2, -0.15) is 10.1 Å². The molecule has 1 saturated carbocycles. The first-order valence-electron chi connectivity index (χ1n) is 8.75. The van der Waals surface area contributed by atoms with Crippen molar-refractivity contribution in [3.05, 3.63) is 36.4 Å². The Kier molecular flexibility index (Phi) is 3.19. The molecule has 1 aliphatic carbocycles. The summed E-state index contributed by atoms with van der Waals surface area (Å²) >= 11 is 0. The van der Waals surface area contributed by atoms with Gasteiger partial charge in [-0.1, -0.05) is 19.3 Å². The van der Waals surface area contributed by atoms with E-state index in [1.54, 1.807) is 10.7 Å². The highest BCUT2D eigenvalue weighted by molar-refractivity contribution is 5.95. The van der Waals surface area contributed by atoms with E-state index in [0.29, 0.717) is 11.9 Å². The van der Waals surface area contributed by atoms with E-state index in [-0.39, 0.29) is 0 Å². The van der Waals surface area contributed by atoms with Crippen LogP contribution in [0.4, 0.5) is 5.95 Å². The second-order valence-electron chi connectivity index (χ2n) is 6.67. The van der Waals surface area contributed by atoms with Crippen LogP contribution in [0, 0.1) is 0 Å². The van der Waals surface area contributed by atoms with Gasteiger partial charge in [-0.25, -0.2) is 14.5 Å². The molecule has 4 heterocycles. The fourth-order valence-corrected chi connectivity index (χ4v) is 3.91. The van der Waals surface area contributed by atoms with Gasteiger partial charge in [0, 0.05) is 29.9 Å². The van der Waals surface area contributed by atoms with Crippen LogP contribution in [-0.4, -0.2) is 29.5 Å². The first-order valence-corrected chi connectivity index (χ1v) is 8.75. The van der Waals surface area contributed by atoms with Gasteiger partial charge in [-0.3, -0.25) is 0 Å². The number of fused-ring (bicyclic) bond motifs is 2. The molecule has 3 N–H and O–H groups in total. The lowest BCUT2D eigenvalue weighted by Crippen LogP contribution is -2.09. The Bertz CT molecular complexity index is 1060. The SMILES string of the molecule is Nc1nc(C2CCCCC2)c2c(-c3ccn4nccc4n3)c[nH]c2n1. The predicted octanol–water partition coefficient (Wildman–Crippen LogP) is 3.30. The summed E-state index contributed by atoms with van der Waals surface area (Å²) in [5.74, 6) is 0.774. The summed E-state index contributed by atoms with van der Waals surface area (Å²) < 4.78 is 1.76. The van der Waals surface area contributed by atoms with Crippen LogP contribution in [0.3, 0.4) is 0 Å². The van der Waals surface area contributed by atoms with Crippen molar-refractivity contribution in [3.63, 3.8) is 0 Å². The third kappa shape index (κ3) is 2.34. The number of nitrogens with zero attached hydrogens (tertiary/aromatic N) is 5. The molecule has 0 spiro atoms. The molecule has 0 radical (unpaired) electrons. The molecule has 126 valence electrons. The maximum absolute atomic E-state index is 5.97. The highest BCUT2D eigenvalue weighted by atomic mass is 15.2. The monoisotopic (exact) mass is 333 g/mol. The Morgan fingerprint density at radius 2 is 1.96 bits per heavy atom. The largest absolute Gasteiger partial charge is 0.368 e. The van der Waals surface area contributed by atoms with E-state index in [4.69, 9.17) is 10.7 Å². The highest BCUT2D eigenvalue weighted by Gasteiger charge is 2.23. The lowest BCUT2D eigenvalue weighted by Gasteiger charge is -2.22. The Hall–Kier alpha value is -2.96. The normalized spacial score (nSPS) is 16.0. The molecule has 0 aromatic carbocycles. The van der Waals surface area contributed by atoms with Gasteiger partial charge >= 0.3 is 0 Å². The van der Waals surface area contributed by atoms with Crippen molar-refractivity contribution in [2.45, 2.75) is 38.0 Å². The molecule has 25 heavy (non-hydrogen) atoms. The molecule has 1 fully saturated rings. The average Bonchev–Trinajstić information content (AvgIpc) is 3.27. The maximum Gasteiger partial charge on any atom is 0.222 e. The molecule has 7 nitrogen and oxygen atoms in total. The number of anilines is 1. The lowest BCUT2D eigenvalue weighted by molar-refractivity contribution is 0.439. The number of nitrogens with two attached hydrogens (primary N) is 1. The molecule has 0 amide bonds. The second-order valence-corrected chi connectivity index (χ2v) is 6.67. The summed E-state index contributed by atoms with van der Waals surface area (Å²) in [6.07, 6.45) is 11.7. The number of aromatic nitrogens is 6. The first-order chi connectivity index (χ1) is 12.3. The Morgan fingerprint density at radius 3 is 2.84 bits per heavy atom. The minimum Gasteiger partial charge on any atom is -0.368 e. The van der Waals surface area contributed by atoms with Gasteiger partial charge in [0.25, 0.3) is 0 Å². The molecular formula is C18H19N7. The molecule has 4 aromatic heterocycles. The summed E-state index contributed by atoms with van der Waals surface area (Å²) in [7, 11) is 0. The zero-order valence-corrected chi connectivity index (χ0v) is 13.8. The van der Waals surface area contributed by atoms with Crippen molar-refractivity contribution < 1.29 is 0 Å². The summed E-state index contributed by atoms with van der Waals surface area (Å²) in [5, 5.41) is 5.26. The molecule has 1 aliphatic rings. The highest BCUT2D eigenvalue weighted by Crippen LogP contribution is 2.38. The lowest BCUT2D eigenvalue weighted by atomic mass is 9.85. The summed E-state index contributed by atoms with van der Waals surface area (Å²) in [5.41, 5.74) is 10.6. The fraction of sp³-hybridized carbons (Fsp3) is 0.333. The number of hydrogen-bond acceptors (Lipinski definition) is 5. The summed E-state index contributed by atoms with van der Waals surface area (Å²) in [4.78, 5) is 17.0. The third-order valence-corrected chi connectivity index (χ3v) is 5.10. The van der Waals surface area contributed by atoms with Crippen molar-refractivity contribution >= 4 is 22.6 Å². The second kappa shape index (κ2) is 5.54. The summed E-state index contributed by atoms with van der Waals surface area (Å²) in [6.45, 7) is 0. The van der Waals surface area contributed by atoms with Gasteiger partial charge in [0.2, 0.25) is 5.95 Å². The minimum absolute atomic E-state index is 0.334. The van der Waals surface area contributed by atoms with Crippen LogP contribution in [0.5, 0.6) is 0 Å². The van der Waals surface area contributed by atoms with E-state index < -0.39 is 0 Å². The number of hydrogen-bond donors (Lipinski definition) is 2. The van der Waals surface area contributed by atoms with Gasteiger partial charge in [0.1, 0.15) is 5.65 Å². The van der Waals surface area contributed by atoms with Gasteiger partial charge in [-0.05, 0) is 18.9 Å². The molecule has 0 atom stereocenters. The predicted molar refractivity (Wildman–Crippen MR) is 96.1 cm³/mol. The zero-order valence-electron chi connectivity index (χ0n) is 13.8. The number of rotatable bonds is 2. The van der Waals surface area contributed by atoms with Crippen LogP contribution in [0.15, 0.2) is 30.7 Å². The van der Waals surface area contributed by atoms with Gasteiger partial charge in [-0.15, -0.1) is 0 Å². The van der Waals surface area contributed by atoms with Gasteiger partial charge in [0.05, 0.1) is 23.0 Å². The van der Waals surface area contributed by atoms with Crippen molar-refractivity contribution in [2.75, 3.05) is 5.73 Å². The van der Waals surface area contributed by atoms with Crippen LogP contribution < -0.4 is 5.73 Å². The van der Waals surface area contributed by atoms with E-state index in [9.17, 15) is 0 Å². The molecule has 0 bridgehead atoms. The number of aromatic amines is 1. The van der Waals surface area contributed by atoms with Gasteiger partial charge in [0.15, 0.2) is 5.65 Å². The molecule has 0 saturated heterocycles. The van der Waals surface area contributed by atoms with Crippen molar-refractivity contribution in [3.8, 4) is 11.3 Å². The minimum atomic E-state index is 0.334. The van der Waals surface area contributed by atoms with E-state index in [0.717, 1.165) is 46.5 Å². The average molecular weight is 333 g/mol. The van der Waals surface area contributed by atoms with Crippen molar-refractivity contribution in [2.24, 2.45) is 0 Å². The Morgan fingerprint density at radius 1 is 1.08 bits per heavy atom. The van der Waals surface area contributed by atoms with E-state index in [1.807, 2.05) is 24.5 Å². The Labute approximate surface area is 144 Å². The van der Waals surface area contributed by atoms with Crippen LogP contribution >= 0.6 is 0 Å². The molecule has 4 aromatic rings. The zero-order chi connectivity index (χ0) is 16.8. The van der Waals surface area contributed by atoms with Crippen LogP contribution in [0.2, 0.25) is 0 Å². The van der Waals surface area contributed by atoms with Gasteiger partial charge < -0.3 is 10.7 Å². The number of nitrogen functional groups attached to an aromatic ring is 1. The van der Waals surface area contributed by atoms with Crippen LogP contribution in [0.1, 0.15) is 43.7 Å². The molecule has 0 aliphatic heterocycles. The molecule has 7 heteroatoms. The van der Waals surface area contributed by atoms with E-state index in [2.05, 4.69) is 20.1 Å². The Balaban J connectivity index is 1.72. The fourth-order valence-electron chi connectivity index (χ4n) is 3.91. The number of nitrogens with one attached hydrogen (secondary N) is 1. The molecular weight excluding hydrogens is 314 g/mol. The maximum atomic E-state index is 5.97. The standard InChI is InChI=1S/C18H19N7/c19-18-23-16(11-4-2-1-3-5-11)15-12(10-20-17(15)24-18)13-7-9-25-14(22-13)6-8-21-25/h6-11H,1-5H2,(H3,19,20,23,24). The number of H-pyrrole nitrogens is 1. The van der Waals surface area contributed by atoms with Crippen molar-refractivity contribution in [1.29, 1.82) is 0 Å². The van der Waals surface area contributed by atoms with Crippen LogP contribution in [0.25, 0.3) is 27.9 Å². The first kappa shape index (κ1) is 14.4. The molecule has 5 rings (SSSR count). The quantitative estimate of drug-likeness (QED) is 0.586.